The first-order valence-electron chi connectivity index (χ1n) is 9.42. The van der Waals surface area contributed by atoms with Crippen LogP contribution >= 0.6 is 0 Å². The van der Waals surface area contributed by atoms with Crippen molar-refractivity contribution >= 4 is 31.8 Å². The molecule has 0 fully saturated rings. The normalized spacial score (nSPS) is 12.1. The largest absolute Gasteiger partial charge is 0.494 e. The molecule has 0 saturated heterocycles. The van der Waals surface area contributed by atoms with E-state index in [4.69, 9.17) is 4.74 Å². The summed E-state index contributed by atoms with van der Waals surface area (Å²) in [6, 6.07) is 14.2. The summed E-state index contributed by atoms with van der Waals surface area (Å²) >= 11 is 0. The van der Waals surface area contributed by atoms with E-state index in [0.717, 1.165) is 27.6 Å². The fourth-order valence-corrected chi connectivity index (χ4v) is 4.92. The van der Waals surface area contributed by atoms with Crippen molar-refractivity contribution in [1.82, 2.24) is 13.9 Å². The Hall–Kier alpha value is -2.90. The minimum absolute atomic E-state index is 0.235. The molecule has 6 nitrogen and oxygen atoms in total. The molecular weight excluding hydrogens is 386 g/mol. The quantitative estimate of drug-likeness (QED) is 0.483. The summed E-state index contributed by atoms with van der Waals surface area (Å²) in [6.45, 7) is 3.14. The van der Waals surface area contributed by atoms with Gasteiger partial charge in [0.2, 0.25) is 0 Å². The van der Waals surface area contributed by atoms with Crippen molar-refractivity contribution in [2.45, 2.75) is 18.4 Å². The van der Waals surface area contributed by atoms with E-state index >= 15 is 0 Å². The van der Waals surface area contributed by atoms with Crippen molar-refractivity contribution in [3.05, 3.63) is 66.5 Å². The molecule has 0 bridgehead atoms. The second-order valence-electron chi connectivity index (χ2n) is 7.12. The first-order chi connectivity index (χ1) is 13.9. The van der Waals surface area contributed by atoms with E-state index < -0.39 is 10.0 Å². The van der Waals surface area contributed by atoms with Crippen LogP contribution in [0.1, 0.15) is 12.5 Å². The van der Waals surface area contributed by atoms with Crippen molar-refractivity contribution in [2.24, 2.45) is 0 Å². The highest BCUT2D eigenvalue weighted by Gasteiger charge is 2.21. The molecule has 4 rings (SSSR count). The molecule has 0 saturated carbocycles. The van der Waals surface area contributed by atoms with Gasteiger partial charge in [-0.1, -0.05) is 6.07 Å². The van der Waals surface area contributed by atoms with E-state index in [1.54, 1.807) is 42.7 Å². The number of fused-ring (bicyclic) bond motifs is 2. The molecule has 29 heavy (non-hydrogen) atoms. The molecule has 0 aliphatic carbocycles. The molecule has 0 aliphatic rings. The van der Waals surface area contributed by atoms with Gasteiger partial charge in [-0.15, -0.1) is 0 Å². The minimum atomic E-state index is -3.75. The monoisotopic (exact) mass is 409 g/mol. The Morgan fingerprint density at radius 3 is 2.69 bits per heavy atom. The predicted molar refractivity (Wildman–Crippen MR) is 115 cm³/mol. The highest BCUT2D eigenvalue weighted by molar-refractivity contribution is 7.90. The third-order valence-electron chi connectivity index (χ3n) is 4.81. The third kappa shape index (κ3) is 3.47. The van der Waals surface area contributed by atoms with E-state index in [9.17, 15) is 8.42 Å². The number of benzene rings is 2. The summed E-state index contributed by atoms with van der Waals surface area (Å²) in [5, 5.41) is 1.66. The Labute approximate surface area is 170 Å². The Morgan fingerprint density at radius 2 is 1.93 bits per heavy atom. The van der Waals surface area contributed by atoms with Crippen molar-refractivity contribution in [3.63, 3.8) is 0 Å². The van der Waals surface area contributed by atoms with Crippen LogP contribution in [0.25, 0.3) is 21.8 Å². The zero-order valence-electron chi connectivity index (χ0n) is 16.7. The van der Waals surface area contributed by atoms with E-state index in [1.165, 1.54) is 3.97 Å². The number of pyridine rings is 1. The maximum absolute atomic E-state index is 13.4. The molecule has 0 spiro atoms. The predicted octanol–water partition coefficient (Wildman–Crippen LogP) is 3.89. The van der Waals surface area contributed by atoms with Crippen LogP contribution in [0.5, 0.6) is 5.75 Å². The van der Waals surface area contributed by atoms with Crippen molar-refractivity contribution in [2.75, 3.05) is 20.7 Å². The van der Waals surface area contributed by atoms with Gasteiger partial charge in [0.05, 0.1) is 22.5 Å². The average molecular weight is 410 g/mol. The lowest BCUT2D eigenvalue weighted by Crippen LogP contribution is -2.14. The van der Waals surface area contributed by atoms with Gasteiger partial charge in [0.15, 0.2) is 0 Å². The lowest BCUT2D eigenvalue weighted by molar-refractivity contribution is 0.326. The van der Waals surface area contributed by atoms with Gasteiger partial charge in [0.1, 0.15) is 5.75 Å². The first kappa shape index (κ1) is 19.4. The topological polar surface area (TPSA) is 64.4 Å². The fraction of sp³-hybridized carbons (Fsp3) is 0.227. The smallest absolute Gasteiger partial charge is 0.268 e. The van der Waals surface area contributed by atoms with Gasteiger partial charge in [-0.2, -0.15) is 0 Å². The van der Waals surface area contributed by atoms with Crippen molar-refractivity contribution < 1.29 is 13.2 Å². The van der Waals surface area contributed by atoms with Crippen LogP contribution < -0.4 is 4.74 Å². The maximum Gasteiger partial charge on any atom is 0.268 e. The Morgan fingerprint density at radius 1 is 1.10 bits per heavy atom. The summed E-state index contributed by atoms with van der Waals surface area (Å²) in [7, 11) is 0.206. The summed E-state index contributed by atoms with van der Waals surface area (Å²) < 4.78 is 33.9. The van der Waals surface area contributed by atoms with E-state index in [2.05, 4.69) is 4.98 Å². The Bertz CT molecular complexity index is 1290. The summed E-state index contributed by atoms with van der Waals surface area (Å²) in [6.07, 6.45) is 3.31. The molecule has 2 aromatic carbocycles. The second-order valence-corrected chi connectivity index (χ2v) is 8.94. The Balaban J connectivity index is 1.88. The summed E-state index contributed by atoms with van der Waals surface area (Å²) in [4.78, 5) is 6.54. The van der Waals surface area contributed by atoms with Crippen LogP contribution in [-0.2, 0) is 16.6 Å². The van der Waals surface area contributed by atoms with E-state index in [0.29, 0.717) is 18.7 Å². The molecule has 2 heterocycles. The van der Waals surface area contributed by atoms with Crippen LogP contribution in [0.4, 0.5) is 0 Å². The third-order valence-corrected chi connectivity index (χ3v) is 6.50. The molecule has 150 valence electrons. The molecule has 0 radical (unpaired) electrons. The molecule has 0 aliphatic heterocycles. The molecular formula is C22H23N3O3S. The van der Waals surface area contributed by atoms with Crippen LogP contribution in [0, 0.1) is 0 Å². The van der Waals surface area contributed by atoms with Crippen molar-refractivity contribution in [3.8, 4) is 5.75 Å². The number of hydrogen-bond donors (Lipinski definition) is 0. The zero-order valence-corrected chi connectivity index (χ0v) is 17.5. The standard InChI is InChI=1S/C22H23N3O3S/c1-4-28-22-10-9-21-18(19(22)15-24(2)3)11-13-25(21)29(26,27)17-7-8-20-16(14-17)6-5-12-23-20/h5-14H,4,15H2,1-3H3. The van der Waals surface area contributed by atoms with Crippen LogP contribution in [0.2, 0.25) is 0 Å². The number of rotatable bonds is 6. The molecule has 0 N–H and O–H groups in total. The van der Waals surface area contributed by atoms with Gasteiger partial charge in [0, 0.05) is 35.3 Å². The number of ether oxygens (including phenoxy) is 1. The van der Waals surface area contributed by atoms with Crippen molar-refractivity contribution in [1.29, 1.82) is 0 Å². The van der Waals surface area contributed by atoms with Crippen LogP contribution in [-0.4, -0.2) is 43.0 Å². The molecule has 0 amide bonds. The van der Waals surface area contributed by atoms with Gasteiger partial charge in [-0.25, -0.2) is 12.4 Å². The van der Waals surface area contributed by atoms with E-state index in [-0.39, 0.29) is 4.90 Å². The molecule has 0 unspecified atom stereocenters. The highest BCUT2D eigenvalue weighted by Crippen LogP contribution is 2.32. The van der Waals surface area contributed by atoms with Gasteiger partial charge in [-0.05, 0) is 63.5 Å². The van der Waals surface area contributed by atoms with Gasteiger partial charge in [0.25, 0.3) is 10.0 Å². The fourth-order valence-electron chi connectivity index (χ4n) is 3.54. The molecule has 4 aromatic rings. The molecule has 7 heteroatoms. The number of hydrogen-bond acceptors (Lipinski definition) is 5. The maximum atomic E-state index is 13.4. The molecule has 0 atom stereocenters. The number of nitrogens with zero attached hydrogens (tertiary/aromatic N) is 3. The SMILES string of the molecule is CCOc1ccc2c(ccn2S(=O)(=O)c2ccc3ncccc3c2)c1CN(C)C. The highest BCUT2D eigenvalue weighted by atomic mass is 32.2. The second kappa shape index (κ2) is 7.50. The summed E-state index contributed by atoms with van der Waals surface area (Å²) in [5.74, 6) is 0.778. The average Bonchev–Trinajstić information content (AvgIpc) is 3.14. The molecule has 2 aromatic heterocycles. The van der Waals surface area contributed by atoms with Gasteiger partial charge < -0.3 is 9.64 Å². The summed E-state index contributed by atoms with van der Waals surface area (Å²) in [5.41, 5.74) is 2.38. The van der Waals surface area contributed by atoms with E-state index in [1.807, 2.05) is 44.1 Å². The van der Waals surface area contributed by atoms with Gasteiger partial charge in [-0.3, -0.25) is 4.98 Å². The first-order valence-corrected chi connectivity index (χ1v) is 10.9. The zero-order chi connectivity index (χ0) is 20.6. The Kier molecular flexibility index (Phi) is 5.02. The minimum Gasteiger partial charge on any atom is -0.494 e. The lowest BCUT2D eigenvalue weighted by Gasteiger charge is -2.16. The van der Waals surface area contributed by atoms with Crippen LogP contribution in [0.15, 0.2) is 65.8 Å². The van der Waals surface area contributed by atoms with Crippen LogP contribution in [0.3, 0.4) is 0 Å². The lowest BCUT2D eigenvalue weighted by atomic mass is 10.1. The number of aromatic nitrogens is 2. The van der Waals surface area contributed by atoms with Gasteiger partial charge >= 0.3 is 0 Å².